The summed E-state index contributed by atoms with van der Waals surface area (Å²) in [6, 6.07) is 11.9. The van der Waals surface area contributed by atoms with E-state index in [0.29, 0.717) is 13.0 Å². The van der Waals surface area contributed by atoms with Crippen LogP contribution in [-0.4, -0.2) is 6.61 Å². The molecular weight excluding hydrogens is 230 g/mol. The second kappa shape index (κ2) is 6.07. The summed E-state index contributed by atoms with van der Waals surface area (Å²) in [5.41, 5.74) is 2.34. The van der Waals surface area contributed by atoms with Crippen LogP contribution in [0.3, 0.4) is 0 Å². The van der Waals surface area contributed by atoms with Crippen LogP contribution in [0, 0.1) is 11.3 Å². The zero-order chi connectivity index (χ0) is 11.9. The molecule has 17 heavy (non-hydrogen) atoms. The fourth-order valence-electron chi connectivity index (χ4n) is 1.52. The minimum Gasteiger partial charge on any atom is -0.493 e. The van der Waals surface area contributed by atoms with Crippen LogP contribution in [0.5, 0.6) is 5.75 Å². The molecule has 1 aromatic heterocycles. The van der Waals surface area contributed by atoms with Crippen LogP contribution in [0.2, 0.25) is 0 Å². The Morgan fingerprint density at radius 3 is 2.59 bits per heavy atom. The molecule has 0 unspecified atom stereocenters. The Morgan fingerprint density at radius 2 is 1.94 bits per heavy atom. The number of benzene rings is 1. The van der Waals surface area contributed by atoms with Crippen LogP contribution in [0.4, 0.5) is 0 Å². The van der Waals surface area contributed by atoms with Gasteiger partial charge in [-0.2, -0.15) is 16.6 Å². The average molecular weight is 243 g/mol. The highest BCUT2D eigenvalue weighted by Crippen LogP contribution is 2.13. The molecule has 2 rings (SSSR count). The Balaban J connectivity index is 1.81. The summed E-state index contributed by atoms with van der Waals surface area (Å²) in [6.45, 7) is 0.689. The molecule has 0 saturated heterocycles. The van der Waals surface area contributed by atoms with Crippen molar-refractivity contribution in [3.8, 4) is 11.8 Å². The smallest absolute Gasteiger partial charge is 0.119 e. The summed E-state index contributed by atoms with van der Waals surface area (Å²) >= 11 is 1.71. The van der Waals surface area contributed by atoms with Gasteiger partial charge in [0.15, 0.2) is 0 Å². The van der Waals surface area contributed by atoms with E-state index in [1.807, 2.05) is 24.3 Å². The van der Waals surface area contributed by atoms with Crippen molar-refractivity contribution < 1.29 is 4.74 Å². The summed E-state index contributed by atoms with van der Waals surface area (Å²) in [4.78, 5) is 0. The number of nitriles is 1. The van der Waals surface area contributed by atoms with Crippen molar-refractivity contribution in [3.63, 3.8) is 0 Å². The van der Waals surface area contributed by atoms with Gasteiger partial charge in [-0.05, 0) is 40.1 Å². The third-order valence-corrected chi connectivity index (χ3v) is 3.18. The highest BCUT2D eigenvalue weighted by atomic mass is 32.1. The van der Waals surface area contributed by atoms with E-state index in [1.165, 1.54) is 5.56 Å². The van der Waals surface area contributed by atoms with Crippen molar-refractivity contribution in [1.82, 2.24) is 0 Å². The third kappa shape index (κ3) is 3.61. The molecule has 0 radical (unpaired) electrons. The highest BCUT2D eigenvalue weighted by Gasteiger charge is 1.97. The van der Waals surface area contributed by atoms with Gasteiger partial charge in [0, 0.05) is 6.42 Å². The lowest BCUT2D eigenvalue weighted by Crippen LogP contribution is -2.00. The van der Waals surface area contributed by atoms with Gasteiger partial charge in [-0.3, -0.25) is 0 Å². The predicted molar refractivity (Wildman–Crippen MR) is 69.3 cm³/mol. The molecule has 0 atom stereocenters. The molecule has 2 aromatic rings. The normalized spacial score (nSPS) is 9.82. The summed E-state index contributed by atoms with van der Waals surface area (Å²) in [6.07, 6.45) is 1.39. The molecule has 0 spiro atoms. The molecule has 0 aliphatic heterocycles. The zero-order valence-electron chi connectivity index (χ0n) is 9.43. The second-order valence-electron chi connectivity index (χ2n) is 3.71. The van der Waals surface area contributed by atoms with Gasteiger partial charge in [-0.25, -0.2) is 0 Å². The van der Waals surface area contributed by atoms with E-state index < -0.39 is 0 Å². The Kier molecular flexibility index (Phi) is 4.17. The molecule has 0 N–H and O–H groups in total. The zero-order valence-corrected chi connectivity index (χ0v) is 10.2. The minimum absolute atomic E-state index is 0.454. The number of hydrogen-bond acceptors (Lipinski definition) is 3. The molecule has 86 valence electrons. The first-order valence-electron chi connectivity index (χ1n) is 5.48. The number of thiophene rings is 1. The fraction of sp³-hybridized carbons (Fsp3) is 0.214. The standard InChI is InChI=1S/C14H13NOS/c15-8-5-12-1-3-14(4-2-12)16-9-6-13-7-10-17-11-13/h1-4,7,10-11H,5-6,9H2. The van der Waals surface area contributed by atoms with Gasteiger partial charge in [0.1, 0.15) is 5.75 Å². The van der Waals surface area contributed by atoms with Crippen LogP contribution >= 0.6 is 11.3 Å². The third-order valence-electron chi connectivity index (χ3n) is 2.45. The Hall–Kier alpha value is -1.79. The Morgan fingerprint density at radius 1 is 1.12 bits per heavy atom. The van der Waals surface area contributed by atoms with E-state index in [9.17, 15) is 0 Å². The highest BCUT2D eigenvalue weighted by molar-refractivity contribution is 7.07. The molecule has 3 heteroatoms. The minimum atomic E-state index is 0.454. The molecule has 1 heterocycles. The van der Waals surface area contributed by atoms with Crippen molar-refractivity contribution >= 4 is 11.3 Å². The van der Waals surface area contributed by atoms with E-state index >= 15 is 0 Å². The maximum absolute atomic E-state index is 8.56. The van der Waals surface area contributed by atoms with E-state index in [0.717, 1.165) is 17.7 Å². The molecule has 0 aliphatic carbocycles. The van der Waals surface area contributed by atoms with Crippen LogP contribution in [0.25, 0.3) is 0 Å². The Labute approximate surface area is 105 Å². The molecule has 2 nitrogen and oxygen atoms in total. The van der Waals surface area contributed by atoms with Gasteiger partial charge in [-0.1, -0.05) is 12.1 Å². The van der Waals surface area contributed by atoms with Gasteiger partial charge in [0.05, 0.1) is 19.1 Å². The number of ether oxygens (including phenoxy) is 1. The van der Waals surface area contributed by atoms with Crippen molar-refractivity contribution in [2.45, 2.75) is 12.8 Å². The van der Waals surface area contributed by atoms with Crippen LogP contribution in [-0.2, 0) is 12.8 Å². The maximum atomic E-state index is 8.56. The summed E-state index contributed by atoms with van der Waals surface area (Å²) < 4.78 is 5.63. The van der Waals surface area contributed by atoms with Crippen LogP contribution in [0.1, 0.15) is 11.1 Å². The number of nitrogens with zero attached hydrogens (tertiary/aromatic N) is 1. The molecular formula is C14H13NOS. The molecule has 0 bridgehead atoms. The van der Waals surface area contributed by atoms with Gasteiger partial charge >= 0.3 is 0 Å². The lowest BCUT2D eigenvalue weighted by atomic mass is 10.2. The molecule has 1 aromatic carbocycles. The monoisotopic (exact) mass is 243 g/mol. The summed E-state index contributed by atoms with van der Waals surface area (Å²) in [5.74, 6) is 0.863. The van der Waals surface area contributed by atoms with Crippen molar-refractivity contribution in [1.29, 1.82) is 5.26 Å². The van der Waals surface area contributed by atoms with Gasteiger partial charge < -0.3 is 4.74 Å². The molecule has 0 aliphatic rings. The SMILES string of the molecule is N#CCc1ccc(OCCc2ccsc2)cc1. The summed E-state index contributed by atoms with van der Waals surface area (Å²) in [5, 5.41) is 12.8. The van der Waals surface area contributed by atoms with Gasteiger partial charge in [-0.15, -0.1) is 0 Å². The van der Waals surface area contributed by atoms with Gasteiger partial charge in [0.2, 0.25) is 0 Å². The topological polar surface area (TPSA) is 33.0 Å². The Bertz CT molecular complexity index is 482. The summed E-state index contributed by atoms with van der Waals surface area (Å²) in [7, 11) is 0. The van der Waals surface area contributed by atoms with E-state index in [2.05, 4.69) is 22.9 Å². The second-order valence-corrected chi connectivity index (χ2v) is 4.49. The largest absolute Gasteiger partial charge is 0.493 e. The van der Waals surface area contributed by atoms with Gasteiger partial charge in [0.25, 0.3) is 0 Å². The van der Waals surface area contributed by atoms with Crippen molar-refractivity contribution in [2.75, 3.05) is 6.61 Å². The first-order valence-corrected chi connectivity index (χ1v) is 6.42. The quantitative estimate of drug-likeness (QED) is 0.806. The van der Waals surface area contributed by atoms with E-state index in [4.69, 9.17) is 10.00 Å². The predicted octanol–water partition coefficient (Wildman–Crippen LogP) is 3.44. The average Bonchev–Trinajstić information content (AvgIpc) is 2.85. The lowest BCUT2D eigenvalue weighted by Gasteiger charge is -2.05. The molecule has 0 amide bonds. The first kappa shape index (κ1) is 11.7. The van der Waals surface area contributed by atoms with Crippen LogP contribution in [0.15, 0.2) is 41.1 Å². The van der Waals surface area contributed by atoms with Crippen molar-refractivity contribution in [3.05, 3.63) is 52.2 Å². The first-order chi connectivity index (χ1) is 8.38. The van der Waals surface area contributed by atoms with E-state index in [-0.39, 0.29) is 0 Å². The van der Waals surface area contributed by atoms with Crippen molar-refractivity contribution in [2.24, 2.45) is 0 Å². The van der Waals surface area contributed by atoms with Crippen LogP contribution < -0.4 is 4.74 Å². The molecule has 0 fully saturated rings. The fourth-order valence-corrected chi connectivity index (χ4v) is 2.22. The number of hydrogen-bond donors (Lipinski definition) is 0. The molecule has 0 saturated carbocycles. The lowest BCUT2D eigenvalue weighted by molar-refractivity contribution is 0.322. The van der Waals surface area contributed by atoms with E-state index in [1.54, 1.807) is 11.3 Å². The number of rotatable bonds is 5. The maximum Gasteiger partial charge on any atom is 0.119 e.